The van der Waals surface area contributed by atoms with Crippen LogP contribution >= 0.6 is 0 Å². The van der Waals surface area contributed by atoms with E-state index in [0.29, 0.717) is 37.8 Å². The highest BCUT2D eigenvalue weighted by atomic mass is 16.5. The summed E-state index contributed by atoms with van der Waals surface area (Å²) in [6.45, 7) is 5.90. The highest BCUT2D eigenvalue weighted by molar-refractivity contribution is 5.91. The molecule has 1 fully saturated rings. The molecule has 0 aromatic carbocycles. The zero-order valence-electron chi connectivity index (χ0n) is 14.6. The molecule has 8 heteroatoms. The van der Waals surface area contributed by atoms with E-state index >= 15 is 0 Å². The van der Waals surface area contributed by atoms with Gasteiger partial charge in [0.1, 0.15) is 17.5 Å². The van der Waals surface area contributed by atoms with E-state index in [0.717, 1.165) is 24.7 Å². The molecule has 1 aliphatic heterocycles. The Labute approximate surface area is 146 Å². The van der Waals surface area contributed by atoms with Crippen LogP contribution in [0.25, 0.3) is 0 Å². The van der Waals surface area contributed by atoms with Gasteiger partial charge in [-0.05, 0) is 19.1 Å². The lowest BCUT2D eigenvalue weighted by molar-refractivity contribution is 0.0714. The molecule has 134 valence electrons. The van der Waals surface area contributed by atoms with E-state index in [9.17, 15) is 4.79 Å². The third kappa shape index (κ3) is 4.27. The van der Waals surface area contributed by atoms with Crippen molar-refractivity contribution in [2.24, 2.45) is 0 Å². The molecule has 1 amide bonds. The predicted octanol–water partition coefficient (Wildman–Crippen LogP) is 1.40. The third-order valence-electron chi connectivity index (χ3n) is 4.06. The Morgan fingerprint density at radius 2 is 2.12 bits per heavy atom. The second-order valence-electron chi connectivity index (χ2n) is 5.83. The number of piperazine rings is 1. The molecule has 0 atom stereocenters. The molecule has 0 aliphatic carbocycles. The molecule has 1 saturated heterocycles. The average Bonchev–Trinajstić information content (AvgIpc) is 3.16. The smallest absolute Gasteiger partial charge is 0.289 e. The molecule has 0 saturated carbocycles. The fourth-order valence-corrected chi connectivity index (χ4v) is 2.78. The van der Waals surface area contributed by atoms with Crippen LogP contribution in [0.3, 0.4) is 0 Å². The van der Waals surface area contributed by atoms with Crippen molar-refractivity contribution in [1.82, 2.24) is 14.9 Å². The van der Waals surface area contributed by atoms with Gasteiger partial charge in [-0.3, -0.25) is 4.79 Å². The number of aryl methyl sites for hydroxylation is 1. The summed E-state index contributed by atoms with van der Waals surface area (Å²) in [5.74, 6) is 2.69. The van der Waals surface area contributed by atoms with Crippen molar-refractivity contribution in [2.75, 3.05) is 56.7 Å². The summed E-state index contributed by atoms with van der Waals surface area (Å²) < 4.78 is 10.2. The number of nitrogens with zero attached hydrogens (tertiary/aromatic N) is 4. The highest BCUT2D eigenvalue weighted by Gasteiger charge is 2.24. The Balaban J connectivity index is 1.61. The van der Waals surface area contributed by atoms with Gasteiger partial charge in [-0.15, -0.1) is 0 Å². The van der Waals surface area contributed by atoms with Gasteiger partial charge in [-0.25, -0.2) is 9.97 Å². The van der Waals surface area contributed by atoms with Crippen molar-refractivity contribution in [2.45, 2.75) is 6.92 Å². The molecule has 25 heavy (non-hydrogen) atoms. The van der Waals surface area contributed by atoms with Crippen LogP contribution in [0.15, 0.2) is 28.9 Å². The van der Waals surface area contributed by atoms with E-state index in [2.05, 4.69) is 20.2 Å². The maximum Gasteiger partial charge on any atom is 0.289 e. The maximum absolute atomic E-state index is 12.3. The number of anilines is 2. The molecular weight excluding hydrogens is 322 g/mol. The minimum Gasteiger partial charge on any atom is -0.459 e. The van der Waals surface area contributed by atoms with E-state index in [1.807, 2.05) is 13.0 Å². The fraction of sp³-hybridized carbons (Fsp3) is 0.471. The number of amides is 1. The van der Waals surface area contributed by atoms with Crippen molar-refractivity contribution in [3.05, 3.63) is 36.0 Å². The summed E-state index contributed by atoms with van der Waals surface area (Å²) in [6, 6.07) is 5.36. The summed E-state index contributed by atoms with van der Waals surface area (Å²) in [4.78, 5) is 25.2. The molecule has 0 unspecified atom stereocenters. The van der Waals surface area contributed by atoms with E-state index < -0.39 is 0 Å². The minimum absolute atomic E-state index is 0.0644. The lowest BCUT2D eigenvalue weighted by atomic mass is 10.2. The Hall–Kier alpha value is -2.61. The molecule has 2 aromatic heterocycles. The van der Waals surface area contributed by atoms with E-state index in [-0.39, 0.29) is 5.91 Å². The van der Waals surface area contributed by atoms with Crippen molar-refractivity contribution < 1.29 is 13.9 Å². The first kappa shape index (κ1) is 17.2. The van der Waals surface area contributed by atoms with Gasteiger partial charge in [0.2, 0.25) is 0 Å². The van der Waals surface area contributed by atoms with Crippen molar-refractivity contribution in [1.29, 1.82) is 0 Å². The zero-order valence-corrected chi connectivity index (χ0v) is 14.6. The minimum atomic E-state index is -0.0644. The largest absolute Gasteiger partial charge is 0.459 e. The van der Waals surface area contributed by atoms with Gasteiger partial charge < -0.3 is 24.3 Å². The Morgan fingerprint density at radius 1 is 1.32 bits per heavy atom. The first-order chi connectivity index (χ1) is 12.2. The summed E-state index contributed by atoms with van der Waals surface area (Å²) in [7, 11) is 1.67. The Kier molecular flexibility index (Phi) is 5.49. The van der Waals surface area contributed by atoms with Gasteiger partial charge in [0.25, 0.3) is 5.91 Å². The quantitative estimate of drug-likeness (QED) is 0.792. The van der Waals surface area contributed by atoms with E-state index in [1.54, 1.807) is 24.1 Å². The van der Waals surface area contributed by atoms with Crippen LogP contribution in [-0.4, -0.2) is 67.2 Å². The van der Waals surface area contributed by atoms with Crippen molar-refractivity contribution >= 4 is 17.5 Å². The molecule has 1 N–H and O–H groups in total. The normalized spacial score (nSPS) is 14.6. The number of nitrogens with one attached hydrogen (secondary N) is 1. The third-order valence-corrected chi connectivity index (χ3v) is 4.06. The number of furan rings is 1. The van der Waals surface area contributed by atoms with E-state index in [4.69, 9.17) is 9.15 Å². The number of hydrogen-bond acceptors (Lipinski definition) is 7. The lowest BCUT2D eigenvalue weighted by Gasteiger charge is -2.35. The number of ether oxygens (including phenoxy) is 1. The lowest BCUT2D eigenvalue weighted by Crippen LogP contribution is -2.49. The maximum atomic E-state index is 12.3. The monoisotopic (exact) mass is 345 g/mol. The number of carbonyl (C=O) groups is 1. The first-order valence-corrected chi connectivity index (χ1v) is 8.33. The first-order valence-electron chi connectivity index (χ1n) is 8.33. The molecule has 0 bridgehead atoms. The van der Waals surface area contributed by atoms with Crippen LogP contribution in [0.4, 0.5) is 11.6 Å². The average molecular weight is 345 g/mol. The number of methoxy groups -OCH3 is 1. The zero-order chi connectivity index (χ0) is 17.6. The van der Waals surface area contributed by atoms with Crippen LogP contribution in [0.5, 0.6) is 0 Å². The molecule has 3 heterocycles. The van der Waals surface area contributed by atoms with Crippen molar-refractivity contribution in [3.63, 3.8) is 0 Å². The number of hydrogen-bond donors (Lipinski definition) is 1. The number of rotatable bonds is 6. The topological polar surface area (TPSA) is 83.7 Å². The molecule has 1 aliphatic rings. The standard InChI is InChI=1S/C17H23N5O3/c1-13-19-15(18-5-11-24-2)12-16(20-13)21-6-8-22(9-7-21)17(23)14-4-3-10-25-14/h3-4,10,12H,5-9,11H2,1-2H3,(H,18,19,20). The molecule has 0 radical (unpaired) electrons. The van der Waals surface area contributed by atoms with Gasteiger partial charge in [-0.1, -0.05) is 0 Å². The Morgan fingerprint density at radius 3 is 2.80 bits per heavy atom. The van der Waals surface area contributed by atoms with Crippen LogP contribution in [0.1, 0.15) is 16.4 Å². The van der Waals surface area contributed by atoms with Gasteiger partial charge in [0, 0.05) is 45.9 Å². The second-order valence-corrected chi connectivity index (χ2v) is 5.83. The van der Waals surface area contributed by atoms with Gasteiger partial charge in [0.15, 0.2) is 5.76 Å². The molecule has 2 aromatic rings. The number of aromatic nitrogens is 2. The predicted molar refractivity (Wildman–Crippen MR) is 94.0 cm³/mol. The van der Waals surface area contributed by atoms with Gasteiger partial charge >= 0.3 is 0 Å². The summed E-state index contributed by atoms with van der Waals surface area (Å²) in [5.41, 5.74) is 0. The van der Waals surface area contributed by atoms with Gasteiger partial charge in [0.05, 0.1) is 12.9 Å². The van der Waals surface area contributed by atoms with Gasteiger partial charge in [-0.2, -0.15) is 0 Å². The SMILES string of the molecule is COCCNc1cc(N2CCN(C(=O)c3ccco3)CC2)nc(C)n1. The molecular formula is C17H23N5O3. The highest BCUT2D eigenvalue weighted by Crippen LogP contribution is 2.18. The van der Waals surface area contributed by atoms with Crippen LogP contribution < -0.4 is 10.2 Å². The van der Waals surface area contributed by atoms with E-state index in [1.165, 1.54) is 6.26 Å². The van der Waals surface area contributed by atoms with Crippen LogP contribution in [-0.2, 0) is 4.74 Å². The summed E-state index contributed by atoms with van der Waals surface area (Å²) >= 11 is 0. The second kappa shape index (κ2) is 7.98. The summed E-state index contributed by atoms with van der Waals surface area (Å²) in [6.07, 6.45) is 1.52. The molecule has 0 spiro atoms. The number of carbonyl (C=O) groups excluding carboxylic acids is 1. The molecule has 3 rings (SSSR count). The summed E-state index contributed by atoms with van der Waals surface area (Å²) in [5, 5.41) is 3.23. The van der Waals surface area contributed by atoms with Crippen LogP contribution in [0.2, 0.25) is 0 Å². The molecule has 8 nitrogen and oxygen atoms in total. The van der Waals surface area contributed by atoms with Crippen LogP contribution in [0, 0.1) is 6.92 Å². The Bertz CT molecular complexity index is 696. The fourth-order valence-electron chi connectivity index (χ4n) is 2.78. The van der Waals surface area contributed by atoms with Crippen molar-refractivity contribution in [3.8, 4) is 0 Å².